The van der Waals surface area contributed by atoms with Crippen LogP contribution in [-0.2, 0) is 13.0 Å². The van der Waals surface area contributed by atoms with E-state index in [9.17, 15) is 9.18 Å². The van der Waals surface area contributed by atoms with Crippen LogP contribution in [0.15, 0.2) is 65.6 Å². The third-order valence-corrected chi connectivity index (χ3v) is 5.57. The highest BCUT2D eigenvalue weighted by molar-refractivity contribution is 5.84. The number of para-hydroxylation sites is 1. The Kier molecular flexibility index (Phi) is 4.89. The average molecular weight is 429 g/mol. The molecule has 32 heavy (non-hydrogen) atoms. The summed E-state index contributed by atoms with van der Waals surface area (Å²) in [5.74, 6) is 0.483. The van der Waals surface area contributed by atoms with Gasteiger partial charge in [0.15, 0.2) is 11.2 Å². The topological polar surface area (TPSA) is 74.3 Å². The number of methoxy groups -OCH3 is 1. The number of fused-ring (bicyclic) bond motifs is 3. The molecule has 3 heterocycles. The minimum atomic E-state index is -0.312. The Labute approximate surface area is 182 Å². The standard InChI is InChI=1S/C24H20FN5O2/c1-15-21(17-7-9-18(25)10-8-17)23-27-26-22-19(30(23)28-15)12-14-29(24(22)31)13-11-16-5-3-4-6-20(16)32-2/h3-10,12,14H,11,13H2,1-2H3. The van der Waals surface area contributed by atoms with Crippen molar-refractivity contribution in [3.8, 4) is 16.9 Å². The van der Waals surface area contributed by atoms with E-state index in [1.807, 2.05) is 37.3 Å². The Morgan fingerprint density at radius 3 is 2.59 bits per heavy atom. The second-order valence-electron chi connectivity index (χ2n) is 7.51. The van der Waals surface area contributed by atoms with Crippen molar-refractivity contribution in [2.75, 3.05) is 7.11 Å². The van der Waals surface area contributed by atoms with Crippen LogP contribution in [0.4, 0.5) is 4.39 Å². The molecule has 0 N–H and O–H groups in total. The Morgan fingerprint density at radius 2 is 1.81 bits per heavy atom. The largest absolute Gasteiger partial charge is 0.496 e. The molecule has 0 aliphatic carbocycles. The van der Waals surface area contributed by atoms with Crippen molar-refractivity contribution < 1.29 is 9.13 Å². The predicted molar refractivity (Wildman–Crippen MR) is 119 cm³/mol. The lowest BCUT2D eigenvalue weighted by molar-refractivity contribution is 0.408. The molecule has 0 atom stereocenters. The number of pyridine rings is 1. The van der Waals surface area contributed by atoms with Crippen molar-refractivity contribution in [1.29, 1.82) is 0 Å². The van der Waals surface area contributed by atoms with Gasteiger partial charge in [0.1, 0.15) is 17.1 Å². The van der Waals surface area contributed by atoms with Crippen molar-refractivity contribution in [3.05, 3.63) is 88.2 Å². The van der Waals surface area contributed by atoms with E-state index in [1.54, 1.807) is 34.5 Å². The zero-order valence-corrected chi connectivity index (χ0v) is 17.6. The smallest absolute Gasteiger partial charge is 0.280 e. The second-order valence-corrected chi connectivity index (χ2v) is 7.51. The van der Waals surface area contributed by atoms with Crippen molar-refractivity contribution >= 4 is 16.7 Å². The van der Waals surface area contributed by atoms with E-state index in [0.29, 0.717) is 24.1 Å². The summed E-state index contributed by atoms with van der Waals surface area (Å²) < 4.78 is 22.0. The van der Waals surface area contributed by atoms with Gasteiger partial charge < -0.3 is 9.30 Å². The fourth-order valence-corrected chi connectivity index (χ4v) is 3.97. The average Bonchev–Trinajstić information content (AvgIpc) is 3.15. The lowest BCUT2D eigenvalue weighted by atomic mass is 10.1. The number of benzene rings is 2. The van der Waals surface area contributed by atoms with Crippen LogP contribution in [-0.4, -0.2) is 31.5 Å². The van der Waals surface area contributed by atoms with Gasteiger partial charge >= 0.3 is 0 Å². The number of hydrogen-bond donors (Lipinski definition) is 0. The van der Waals surface area contributed by atoms with Crippen LogP contribution >= 0.6 is 0 Å². The molecule has 7 nitrogen and oxygen atoms in total. The molecule has 0 aliphatic heterocycles. The summed E-state index contributed by atoms with van der Waals surface area (Å²) in [4.78, 5) is 13.1. The Bertz CT molecular complexity index is 1510. The van der Waals surface area contributed by atoms with Crippen LogP contribution in [0.5, 0.6) is 5.75 Å². The number of hydrogen-bond acceptors (Lipinski definition) is 5. The van der Waals surface area contributed by atoms with Gasteiger partial charge in [0, 0.05) is 12.7 Å². The molecule has 2 aromatic carbocycles. The summed E-state index contributed by atoms with van der Waals surface area (Å²) >= 11 is 0. The predicted octanol–water partition coefficient (Wildman–Crippen LogP) is 3.81. The van der Waals surface area contributed by atoms with Gasteiger partial charge in [-0.15, -0.1) is 10.2 Å². The van der Waals surface area contributed by atoms with Gasteiger partial charge in [-0.1, -0.05) is 30.3 Å². The molecule has 0 amide bonds. The number of aromatic nitrogens is 5. The molecule has 0 saturated heterocycles. The fraction of sp³-hybridized carbons (Fsp3) is 0.167. The van der Waals surface area contributed by atoms with E-state index < -0.39 is 0 Å². The van der Waals surface area contributed by atoms with E-state index in [2.05, 4.69) is 15.3 Å². The summed E-state index contributed by atoms with van der Waals surface area (Å²) in [6.45, 7) is 2.33. The molecule has 0 bridgehead atoms. The van der Waals surface area contributed by atoms with Crippen molar-refractivity contribution in [2.45, 2.75) is 19.9 Å². The minimum absolute atomic E-state index is 0.233. The zero-order valence-electron chi connectivity index (χ0n) is 17.6. The van der Waals surface area contributed by atoms with Gasteiger partial charge in [-0.05, 0) is 48.7 Å². The van der Waals surface area contributed by atoms with Crippen LogP contribution in [0.3, 0.4) is 0 Å². The van der Waals surface area contributed by atoms with Gasteiger partial charge in [-0.2, -0.15) is 5.10 Å². The number of halogens is 1. The number of aryl methyl sites for hydroxylation is 3. The molecule has 0 saturated carbocycles. The molecule has 0 unspecified atom stereocenters. The van der Waals surface area contributed by atoms with Crippen LogP contribution in [0, 0.1) is 12.7 Å². The Morgan fingerprint density at radius 1 is 1.03 bits per heavy atom. The maximum Gasteiger partial charge on any atom is 0.280 e. The zero-order chi connectivity index (χ0) is 22.2. The van der Waals surface area contributed by atoms with Crippen LogP contribution in [0.1, 0.15) is 11.3 Å². The maximum absolute atomic E-state index is 13.4. The highest BCUT2D eigenvalue weighted by Gasteiger charge is 2.17. The Hall–Kier alpha value is -4.07. The monoisotopic (exact) mass is 429 g/mol. The molecule has 0 aliphatic rings. The molecule has 160 valence electrons. The first-order chi connectivity index (χ1) is 15.6. The quantitative estimate of drug-likeness (QED) is 0.425. The number of ether oxygens (including phenoxy) is 1. The minimum Gasteiger partial charge on any atom is -0.496 e. The summed E-state index contributed by atoms with van der Waals surface area (Å²) in [5, 5.41) is 13.1. The SMILES string of the molecule is COc1ccccc1CCn1ccc2c(nnc3c(-c4ccc(F)cc4)c(C)nn32)c1=O. The van der Waals surface area contributed by atoms with Crippen molar-refractivity contribution in [2.24, 2.45) is 0 Å². The maximum atomic E-state index is 13.4. The molecule has 3 aromatic heterocycles. The van der Waals surface area contributed by atoms with Gasteiger partial charge in [0.25, 0.3) is 5.56 Å². The lowest BCUT2D eigenvalue weighted by Crippen LogP contribution is -2.22. The van der Waals surface area contributed by atoms with Crippen molar-refractivity contribution in [1.82, 2.24) is 24.4 Å². The van der Waals surface area contributed by atoms with Gasteiger partial charge in [0.2, 0.25) is 0 Å². The molecular weight excluding hydrogens is 409 g/mol. The molecular formula is C24H20FN5O2. The number of rotatable bonds is 5. The van der Waals surface area contributed by atoms with Crippen LogP contribution < -0.4 is 10.3 Å². The first-order valence-corrected chi connectivity index (χ1v) is 10.2. The lowest BCUT2D eigenvalue weighted by Gasteiger charge is -2.10. The summed E-state index contributed by atoms with van der Waals surface area (Å²) in [6, 6.07) is 15.7. The van der Waals surface area contributed by atoms with E-state index in [-0.39, 0.29) is 16.9 Å². The van der Waals surface area contributed by atoms with Crippen molar-refractivity contribution in [3.63, 3.8) is 0 Å². The van der Waals surface area contributed by atoms with E-state index in [1.165, 1.54) is 12.1 Å². The molecule has 5 rings (SSSR count). The molecule has 0 radical (unpaired) electrons. The highest BCUT2D eigenvalue weighted by atomic mass is 19.1. The molecule has 0 spiro atoms. The first-order valence-electron chi connectivity index (χ1n) is 10.2. The highest BCUT2D eigenvalue weighted by Crippen LogP contribution is 2.28. The normalized spacial score (nSPS) is 11.3. The van der Waals surface area contributed by atoms with Gasteiger partial charge in [-0.3, -0.25) is 4.79 Å². The Balaban J connectivity index is 1.56. The van der Waals surface area contributed by atoms with E-state index >= 15 is 0 Å². The van der Waals surface area contributed by atoms with Gasteiger partial charge in [-0.25, -0.2) is 8.91 Å². The van der Waals surface area contributed by atoms with E-state index in [0.717, 1.165) is 28.1 Å². The molecule has 0 fully saturated rings. The second kappa shape index (κ2) is 7.88. The summed E-state index contributed by atoms with van der Waals surface area (Å²) in [7, 11) is 1.63. The van der Waals surface area contributed by atoms with Crippen LogP contribution in [0.25, 0.3) is 27.8 Å². The van der Waals surface area contributed by atoms with Gasteiger partial charge in [0.05, 0.1) is 18.4 Å². The summed E-state index contributed by atoms with van der Waals surface area (Å²) in [6.07, 6.45) is 2.39. The van der Waals surface area contributed by atoms with Crippen LogP contribution in [0.2, 0.25) is 0 Å². The number of nitrogens with zero attached hydrogens (tertiary/aromatic N) is 5. The first kappa shape index (κ1) is 19.9. The molecule has 5 aromatic rings. The third kappa shape index (κ3) is 3.30. The van der Waals surface area contributed by atoms with E-state index in [4.69, 9.17) is 4.74 Å². The molecule has 8 heteroatoms. The third-order valence-electron chi connectivity index (χ3n) is 5.57. The fourth-order valence-electron chi connectivity index (χ4n) is 3.97. The summed E-state index contributed by atoms with van der Waals surface area (Å²) in [5.41, 5.74) is 4.40.